The first kappa shape index (κ1) is 15.6. The van der Waals surface area contributed by atoms with Crippen molar-refractivity contribution in [2.45, 2.75) is 18.9 Å². The van der Waals surface area contributed by atoms with Crippen molar-refractivity contribution in [1.29, 1.82) is 0 Å². The van der Waals surface area contributed by atoms with Gasteiger partial charge in [-0.25, -0.2) is 14.4 Å². The number of para-hydroxylation sites is 1. The molecular formula is C18H16FN3O3. The van der Waals surface area contributed by atoms with Gasteiger partial charge >= 0.3 is 6.01 Å². The number of carbonyl (C=O) groups excluding carboxylic acids is 1. The maximum absolute atomic E-state index is 12.9. The first-order valence-corrected chi connectivity index (χ1v) is 8.11. The summed E-state index contributed by atoms with van der Waals surface area (Å²) in [7, 11) is 0. The number of benzene rings is 1. The summed E-state index contributed by atoms with van der Waals surface area (Å²) in [6.45, 7) is 1.05. The highest BCUT2D eigenvalue weighted by molar-refractivity contribution is 5.96. The fraction of sp³-hybridized carbons (Fsp3) is 0.278. The van der Waals surface area contributed by atoms with E-state index in [1.54, 1.807) is 11.0 Å². The highest BCUT2D eigenvalue weighted by atomic mass is 19.1. The van der Waals surface area contributed by atoms with Crippen molar-refractivity contribution in [3.8, 4) is 6.01 Å². The summed E-state index contributed by atoms with van der Waals surface area (Å²) in [5.41, 5.74) is 0.690. The van der Waals surface area contributed by atoms with Gasteiger partial charge in [0.2, 0.25) is 0 Å². The first-order valence-electron chi connectivity index (χ1n) is 8.11. The molecule has 0 bridgehead atoms. The van der Waals surface area contributed by atoms with Crippen molar-refractivity contribution in [2.75, 3.05) is 13.1 Å². The maximum atomic E-state index is 12.9. The number of hydrogen-bond donors (Lipinski definition) is 0. The lowest BCUT2D eigenvalue weighted by molar-refractivity contribution is 0.0490. The van der Waals surface area contributed by atoms with Crippen LogP contribution in [0.2, 0.25) is 0 Å². The molecule has 4 rings (SSSR count). The van der Waals surface area contributed by atoms with Crippen LogP contribution >= 0.6 is 0 Å². The van der Waals surface area contributed by atoms with Gasteiger partial charge in [0.25, 0.3) is 5.91 Å². The van der Waals surface area contributed by atoms with Crippen LogP contribution in [-0.2, 0) is 0 Å². The summed E-state index contributed by atoms with van der Waals surface area (Å²) in [5.74, 6) is -0.359. The summed E-state index contributed by atoms with van der Waals surface area (Å²) in [4.78, 5) is 22.0. The van der Waals surface area contributed by atoms with E-state index >= 15 is 0 Å². The Morgan fingerprint density at radius 2 is 2.08 bits per heavy atom. The molecule has 25 heavy (non-hydrogen) atoms. The lowest BCUT2D eigenvalue weighted by Gasteiger charge is -2.31. The van der Waals surface area contributed by atoms with E-state index in [1.165, 1.54) is 0 Å². The van der Waals surface area contributed by atoms with Crippen molar-refractivity contribution in [1.82, 2.24) is 14.9 Å². The van der Waals surface area contributed by atoms with Gasteiger partial charge in [-0.3, -0.25) is 4.79 Å². The lowest BCUT2D eigenvalue weighted by Crippen LogP contribution is -2.44. The standard InChI is InChI=1S/C18H16FN3O3/c19-13-9-20-18(21-10-13)24-14-5-3-7-22(11-14)17(23)16-8-12-4-1-2-6-15(12)25-16/h1-2,4,6,8-10,14H,3,5,7,11H2/t14-/m0/s1. The van der Waals surface area contributed by atoms with Crippen LogP contribution in [-0.4, -0.2) is 40.0 Å². The third-order valence-electron chi connectivity index (χ3n) is 4.17. The molecule has 0 saturated carbocycles. The zero-order chi connectivity index (χ0) is 17.2. The number of rotatable bonds is 3. The molecule has 2 aromatic heterocycles. The Balaban J connectivity index is 1.46. The molecule has 7 heteroatoms. The van der Waals surface area contributed by atoms with E-state index in [0.717, 1.165) is 30.6 Å². The predicted octanol–water partition coefficient (Wildman–Crippen LogP) is 3.05. The second-order valence-corrected chi connectivity index (χ2v) is 5.97. The van der Waals surface area contributed by atoms with Crippen LogP contribution < -0.4 is 4.74 Å². The fourth-order valence-electron chi connectivity index (χ4n) is 2.97. The largest absolute Gasteiger partial charge is 0.458 e. The minimum Gasteiger partial charge on any atom is -0.458 e. The third-order valence-corrected chi connectivity index (χ3v) is 4.17. The molecule has 1 saturated heterocycles. The average Bonchev–Trinajstić information content (AvgIpc) is 3.07. The Bertz CT molecular complexity index is 861. The van der Waals surface area contributed by atoms with E-state index in [4.69, 9.17) is 9.15 Å². The fourth-order valence-corrected chi connectivity index (χ4v) is 2.97. The van der Waals surface area contributed by atoms with E-state index in [-0.39, 0.29) is 18.0 Å². The molecule has 1 aliphatic rings. The van der Waals surface area contributed by atoms with Crippen LogP contribution in [0.1, 0.15) is 23.4 Å². The smallest absolute Gasteiger partial charge is 0.316 e. The summed E-state index contributed by atoms with van der Waals surface area (Å²) < 4.78 is 24.2. The van der Waals surface area contributed by atoms with Crippen molar-refractivity contribution in [3.63, 3.8) is 0 Å². The number of aromatic nitrogens is 2. The van der Waals surface area contributed by atoms with E-state index in [9.17, 15) is 9.18 Å². The van der Waals surface area contributed by atoms with Gasteiger partial charge in [-0.1, -0.05) is 18.2 Å². The molecular weight excluding hydrogens is 325 g/mol. The summed E-state index contributed by atoms with van der Waals surface area (Å²) in [6, 6.07) is 9.38. The van der Waals surface area contributed by atoms with Crippen LogP contribution in [0.4, 0.5) is 4.39 Å². The number of ether oxygens (including phenoxy) is 1. The number of piperidine rings is 1. The predicted molar refractivity (Wildman–Crippen MR) is 87.8 cm³/mol. The van der Waals surface area contributed by atoms with Crippen LogP contribution in [0.3, 0.4) is 0 Å². The summed E-state index contributed by atoms with van der Waals surface area (Å²) in [5, 5.41) is 0.898. The maximum Gasteiger partial charge on any atom is 0.316 e. The molecule has 1 aliphatic heterocycles. The number of likely N-dealkylation sites (tertiary alicyclic amines) is 1. The topological polar surface area (TPSA) is 68.5 Å². The van der Waals surface area contributed by atoms with Gasteiger partial charge in [0, 0.05) is 11.9 Å². The molecule has 3 heterocycles. The Labute approximate surface area is 143 Å². The molecule has 6 nitrogen and oxygen atoms in total. The molecule has 0 aliphatic carbocycles. The molecule has 1 fully saturated rings. The number of hydrogen-bond acceptors (Lipinski definition) is 5. The van der Waals surface area contributed by atoms with Crippen LogP contribution in [0.25, 0.3) is 11.0 Å². The van der Waals surface area contributed by atoms with Gasteiger partial charge in [-0.15, -0.1) is 0 Å². The van der Waals surface area contributed by atoms with Gasteiger partial charge in [-0.2, -0.15) is 0 Å². The quantitative estimate of drug-likeness (QED) is 0.732. The summed E-state index contributed by atoms with van der Waals surface area (Å²) in [6.07, 6.45) is 3.47. The van der Waals surface area contributed by atoms with Crippen molar-refractivity contribution in [2.24, 2.45) is 0 Å². The first-order chi connectivity index (χ1) is 12.2. The zero-order valence-corrected chi connectivity index (χ0v) is 13.4. The van der Waals surface area contributed by atoms with Crippen molar-refractivity contribution < 1.29 is 18.3 Å². The lowest BCUT2D eigenvalue weighted by atomic mass is 10.1. The molecule has 1 aromatic carbocycles. The number of amides is 1. The van der Waals surface area contributed by atoms with E-state index in [0.29, 0.717) is 24.4 Å². The molecule has 128 valence electrons. The van der Waals surface area contributed by atoms with Gasteiger partial charge in [-0.05, 0) is 25.0 Å². The molecule has 0 N–H and O–H groups in total. The Hall–Kier alpha value is -2.96. The van der Waals surface area contributed by atoms with Crippen molar-refractivity contribution >= 4 is 16.9 Å². The third kappa shape index (κ3) is 3.31. The zero-order valence-electron chi connectivity index (χ0n) is 13.4. The molecule has 1 amide bonds. The Kier molecular flexibility index (Phi) is 4.05. The van der Waals surface area contributed by atoms with Crippen LogP contribution in [0.15, 0.2) is 47.1 Å². The normalized spacial score (nSPS) is 17.6. The second-order valence-electron chi connectivity index (χ2n) is 5.97. The highest BCUT2D eigenvalue weighted by Gasteiger charge is 2.28. The monoisotopic (exact) mass is 341 g/mol. The van der Waals surface area contributed by atoms with Gasteiger partial charge in [0.1, 0.15) is 11.7 Å². The van der Waals surface area contributed by atoms with E-state index in [2.05, 4.69) is 9.97 Å². The number of nitrogens with zero attached hydrogens (tertiary/aromatic N) is 3. The molecule has 0 unspecified atom stereocenters. The van der Waals surface area contributed by atoms with E-state index < -0.39 is 5.82 Å². The number of halogens is 1. The highest BCUT2D eigenvalue weighted by Crippen LogP contribution is 2.22. The Morgan fingerprint density at radius 1 is 1.28 bits per heavy atom. The minimum absolute atomic E-state index is 0.115. The molecule has 1 atom stereocenters. The number of furan rings is 1. The van der Waals surface area contributed by atoms with Gasteiger partial charge in [0.05, 0.1) is 18.9 Å². The molecule has 3 aromatic rings. The van der Waals surface area contributed by atoms with Crippen LogP contribution in [0.5, 0.6) is 6.01 Å². The van der Waals surface area contributed by atoms with E-state index in [1.807, 2.05) is 24.3 Å². The van der Waals surface area contributed by atoms with Crippen molar-refractivity contribution in [3.05, 3.63) is 54.3 Å². The number of fused-ring (bicyclic) bond motifs is 1. The molecule has 0 radical (unpaired) electrons. The van der Waals surface area contributed by atoms with Crippen LogP contribution in [0, 0.1) is 5.82 Å². The SMILES string of the molecule is O=C(c1cc2ccccc2o1)N1CCC[C@H](Oc2ncc(F)cn2)C1. The second kappa shape index (κ2) is 6.51. The molecule has 0 spiro atoms. The van der Waals surface area contributed by atoms with Gasteiger partial charge < -0.3 is 14.1 Å². The summed E-state index contributed by atoms with van der Waals surface area (Å²) >= 11 is 0. The average molecular weight is 341 g/mol. The minimum atomic E-state index is -0.516. The number of carbonyl (C=O) groups is 1. The Morgan fingerprint density at radius 3 is 2.88 bits per heavy atom. The van der Waals surface area contributed by atoms with Gasteiger partial charge in [0.15, 0.2) is 11.6 Å².